The van der Waals surface area contributed by atoms with E-state index in [9.17, 15) is 9.59 Å². The fourth-order valence-corrected chi connectivity index (χ4v) is 1.58. The lowest BCUT2D eigenvalue weighted by Gasteiger charge is -2.06. The molecule has 0 fully saturated rings. The van der Waals surface area contributed by atoms with Crippen molar-refractivity contribution in [3.63, 3.8) is 0 Å². The Morgan fingerprint density at radius 3 is 2.80 bits per heavy atom. The summed E-state index contributed by atoms with van der Waals surface area (Å²) >= 11 is 0. The second-order valence-corrected chi connectivity index (χ2v) is 3.27. The van der Waals surface area contributed by atoms with Gasteiger partial charge in [0.05, 0.1) is 12.1 Å². The summed E-state index contributed by atoms with van der Waals surface area (Å²) in [5.74, 6) is 0. The topological polar surface area (TPSA) is 65.1 Å². The van der Waals surface area contributed by atoms with Gasteiger partial charge in [0.25, 0.3) is 5.56 Å². The van der Waals surface area contributed by atoms with E-state index < -0.39 is 0 Å². The number of carbonyl (C=O) groups excluding carboxylic acids is 1. The zero-order valence-electron chi connectivity index (χ0n) is 8.01. The number of nitrogens with two attached hydrogens (primary N) is 1. The molecule has 1 heterocycles. The van der Waals surface area contributed by atoms with Crippen LogP contribution in [0.25, 0.3) is 10.9 Å². The van der Waals surface area contributed by atoms with Crippen molar-refractivity contribution in [1.82, 2.24) is 4.57 Å². The molecule has 0 spiro atoms. The summed E-state index contributed by atoms with van der Waals surface area (Å²) in [4.78, 5) is 21.9. The molecule has 0 amide bonds. The van der Waals surface area contributed by atoms with Gasteiger partial charge in [0.2, 0.25) is 0 Å². The maximum Gasteiger partial charge on any atom is 0.251 e. The first-order valence-electron chi connectivity index (χ1n) is 4.55. The zero-order valence-corrected chi connectivity index (χ0v) is 8.01. The SMILES string of the molecule is Nc1ccc2c(ccc(=O)n2CC=O)c1. The standard InChI is InChI=1S/C11H10N2O2/c12-9-2-3-10-8(7-9)1-4-11(15)13(10)5-6-14/h1-4,6-7H,5,12H2. The van der Waals surface area contributed by atoms with Crippen LogP contribution in [0.5, 0.6) is 0 Å². The number of anilines is 1. The lowest BCUT2D eigenvalue weighted by molar-refractivity contribution is -0.108. The molecular formula is C11H10N2O2. The van der Waals surface area contributed by atoms with E-state index >= 15 is 0 Å². The number of carbonyl (C=O) groups is 1. The Hall–Kier alpha value is -2.10. The molecule has 1 aromatic carbocycles. The van der Waals surface area contributed by atoms with Crippen LogP contribution in [0.15, 0.2) is 35.1 Å². The highest BCUT2D eigenvalue weighted by Crippen LogP contribution is 2.15. The van der Waals surface area contributed by atoms with Gasteiger partial charge in [-0.1, -0.05) is 0 Å². The number of fused-ring (bicyclic) bond motifs is 1. The Morgan fingerprint density at radius 2 is 2.07 bits per heavy atom. The van der Waals surface area contributed by atoms with Gasteiger partial charge in [-0.3, -0.25) is 4.79 Å². The van der Waals surface area contributed by atoms with Crippen LogP contribution in [-0.2, 0) is 11.3 Å². The van der Waals surface area contributed by atoms with Crippen molar-refractivity contribution in [3.05, 3.63) is 40.7 Å². The van der Waals surface area contributed by atoms with Crippen molar-refractivity contribution < 1.29 is 4.79 Å². The van der Waals surface area contributed by atoms with Gasteiger partial charge in [-0.05, 0) is 24.3 Å². The summed E-state index contributed by atoms with van der Waals surface area (Å²) in [5.41, 5.74) is 6.81. The molecule has 0 saturated carbocycles. The van der Waals surface area contributed by atoms with Crippen molar-refractivity contribution in [3.8, 4) is 0 Å². The Kier molecular flexibility index (Phi) is 2.25. The van der Waals surface area contributed by atoms with E-state index in [-0.39, 0.29) is 12.1 Å². The second-order valence-electron chi connectivity index (χ2n) is 3.27. The summed E-state index contributed by atoms with van der Waals surface area (Å²) in [6.07, 6.45) is 0.706. The second kappa shape index (κ2) is 3.57. The van der Waals surface area contributed by atoms with Crippen LogP contribution in [0.2, 0.25) is 0 Å². The Bertz CT molecular complexity index is 572. The number of hydrogen-bond donors (Lipinski definition) is 1. The van der Waals surface area contributed by atoms with E-state index in [0.717, 1.165) is 10.9 Å². The summed E-state index contributed by atoms with van der Waals surface area (Å²) in [7, 11) is 0. The first kappa shape index (κ1) is 9.45. The third-order valence-corrected chi connectivity index (χ3v) is 2.27. The smallest absolute Gasteiger partial charge is 0.251 e. The van der Waals surface area contributed by atoms with E-state index in [2.05, 4.69) is 0 Å². The maximum absolute atomic E-state index is 11.5. The fourth-order valence-electron chi connectivity index (χ4n) is 1.58. The van der Waals surface area contributed by atoms with Crippen molar-refractivity contribution in [2.75, 3.05) is 5.73 Å². The molecule has 0 radical (unpaired) electrons. The monoisotopic (exact) mass is 202 g/mol. The quantitative estimate of drug-likeness (QED) is 0.578. The van der Waals surface area contributed by atoms with E-state index in [1.54, 1.807) is 24.3 Å². The first-order chi connectivity index (χ1) is 7.22. The van der Waals surface area contributed by atoms with Gasteiger partial charge >= 0.3 is 0 Å². The largest absolute Gasteiger partial charge is 0.399 e. The van der Waals surface area contributed by atoms with Crippen molar-refractivity contribution in [2.45, 2.75) is 6.54 Å². The highest BCUT2D eigenvalue weighted by molar-refractivity contribution is 5.82. The average Bonchev–Trinajstić information content (AvgIpc) is 2.22. The molecule has 0 atom stereocenters. The van der Waals surface area contributed by atoms with Crippen LogP contribution in [0.4, 0.5) is 5.69 Å². The number of nitrogens with zero attached hydrogens (tertiary/aromatic N) is 1. The number of nitrogen functional groups attached to an aromatic ring is 1. The van der Waals surface area contributed by atoms with Crippen molar-refractivity contribution >= 4 is 22.9 Å². The van der Waals surface area contributed by atoms with Gasteiger partial charge in [0.15, 0.2) is 0 Å². The predicted molar refractivity (Wildman–Crippen MR) is 58.7 cm³/mol. The van der Waals surface area contributed by atoms with Gasteiger partial charge in [0, 0.05) is 17.1 Å². The molecule has 15 heavy (non-hydrogen) atoms. The maximum atomic E-state index is 11.5. The number of hydrogen-bond acceptors (Lipinski definition) is 3. The van der Waals surface area contributed by atoms with E-state index in [4.69, 9.17) is 5.73 Å². The van der Waals surface area contributed by atoms with Crippen LogP contribution >= 0.6 is 0 Å². The normalized spacial score (nSPS) is 10.4. The zero-order chi connectivity index (χ0) is 10.8. The predicted octanol–water partition coefficient (Wildman–Crippen LogP) is 0.783. The van der Waals surface area contributed by atoms with Crippen LogP contribution in [-0.4, -0.2) is 10.9 Å². The first-order valence-corrected chi connectivity index (χ1v) is 4.55. The van der Waals surface area contributed by atoms with E-state index in [1.807, 2.05) is 0 Å². The van der Waals surface area contributed by atoms with Gasteiger partial charge < -0.3 is 15.1 Å². The average molecular weight is 202 g/mol. The minimum absolute atomic E-state index is 0.0695. The minimum atomic E-state index is -0.181. The molecule has 2 N–H and O–H groups in total. The van der Waals surface area contributed by atoms with Gasteiger partial charge in [0.1, 0.15) is 6.29 Å². The molecule has 1 aromatic heterocycles. The summed E-state index contributed by atoms with van der Waals surface area (Å²) in [6.45, 7) is 0.0695. The van der Waals surface area contributed by atoms with E-state index in [0.29, 0.717) is 12.0 Å². The van der Waals surface area contributed by atoms with Crippen LogP contribution < -0.4 is 11.3 Å². The molecule has 0 aliphatic heterocycles. The van der Waals surface area contributed by atoms with Crippen LogP contribution in [0, 0.1) is 0 Å². The lowest BCUT2D eigenvalue weighted by Crippen LogP contribution is -2.19. The van der Waals surface area contributed by atoms with Crippen molar-refractivity contribution in [1.29, 1.82) is 0 Å². The van der Waals surface area contributed by atoms with Crippen molar-refractivity contribution in [2.24, 2.45) is 0 Å². The molecule has 0 aliphatic carbocycles. The molecule has 4 heteroatoms. The van der Waals surface area contributed by atoms with Gasteiger partial charge in [-0.25, -0.2) is 0 Å². The lowest BCUT2D eigenvalue weighted by atomic mass is 10.2. The van der Waals surface area contributed by atoms with Crippen LogP contribution in [0.3, 0.4) is 0 Å². The van der Waals surface area contributed by atoms with Crippen LogP contribution in [0.1, 0.15) is 0 Å². The molecule has 0 saturated heterocycles. The molecule has 2 rings (SSSR count). The van der Waals surface area contributed by atoms with Gasteiger partial charge in [-0.2, -0.15) is 0 Å². The Balaban J connectivity index is 2.81. The highest BCUT2D eigenvalue weighted by Gasteiger charge is 2.01. The summed E-state index contributed by atoms with van der Waals surface area (Å²) in [6, 6.07) is 8.37. The Morgan fingerprint density at radius 1 is 1.27 bits per heavy atom. The molecule has 2 aromatic rings. The number of rotatable bonds is 2. The molecule has 76 valence electrons. The Labute approximate surface area is 85.9 Å². The summed E-state index contributed by atoms with van der Waals surface area (Å²) in [5, 5.41) is 0.858. The fraction of sp³-hybridized carbons (Fsp3) is 0.0909. The molecular weight excluding hydrogens is 192 g/mol. The summed E-state index contributed by atoms with van der Waals surface area (Å²) < 4.78 is 1.42. The highest BCUT2D eigenvalue weighted by atomic mass is 16.1. The molecule has 0 aliphatic rings. The molecule has 0 bridgehead atoms. The number of pyridine rings is 1. The number of benzene rings is 1. The third kappa shape index (κ3) is 1.61. The number of aromatic nitrogens is 1. The van der Waals surface area contributed by atoms with Gasteiger partial charge in [-0.15, -0.1) is 0 Å². The molecule has 0 unspecified atom stereocenters. The third-order valence-electron chi connectivity index (χ3n) is 2.27. The van der Waals surface area contributed by atoms with E-state index in [1.165, 1.54) is 10.6 Å². The number of aldehydes is 1. The molecule has 4 nitrogen and oxygen atoms in total. The minimum Gasteiger partial charge on any atom is -0.399 e.